The van der Waals surface area contributed by atoms with Gasteiger partial charge in [-0.3, -0.25) is 0 Å². The third-order valence-electron chi connectivity index (χ3n) is 11.3. The predicted molar refractivity (Wildman–Crippen MR) is 219 cm³/mol. The fourth-order valence-corrected chi connectivity index (χ4v) is 8.88. The highest BCUT2D eigenvalue weighted by Gasteiger charge is 2.42. The summed E-state index contributed by atoms with van der Waals surface area (Å²) in [5.74, 6) is 0. The monoisotopic (exact) mass is 679 g/mol. The Kier molecular flexibility index (Phi) is 6.38. The highest BCUT2D eigenvalue weighted by atomic mass is 16.3. The van der Waals surface area contributed by atoms with Crippen LogP contribution >= 0.6 is 0 Å². The van der Waals surface area contributed by atoms with Crippen molar-refractivity contribution < 1.29 is 8.83 Å². The molecule has 0 saturated heterocycles. The zero-order chi connectivity index (χ0) is 35.1. The van der Waals surface area contributed by atoms with Crippen molar-refractivity contribution in [3.8, 4) is 22.3 Å². The molecule has 0 unspecified atom stereocenters. The summed E-state index contributed by atoms with van der Waals surface area (Å²) in [4.78, 5) is 2.34. The summed E-state index contributed by atoms with van der Waals surface area (Å²) >= 11 is 0. The van der Waals surface area contributed by atoms with Gasteiger partial charge in [0.2, 0.25) is 0 Å². The van der Waals surface area contributed by atoms with Crippen LogP contribution < -0.4 is 4.90 Å². The van der Waals surface area contributed by atoms with E-state index in [1.54, 1.807) is 0 Å². The molecule has 0 fully saturated rings. The molecule has 11 rings (SSSR count). The lowest BCUT2D eigenvalue weighted by atomic mass is 9.72. The third-order valence-corrected chi connectivity index (χ3v) is 11.3. The van der Waals surface area contributed by atoms with Gasteiger partial charge in [0, 0.05) is 38.7 Å². The van der Waals surface area contributed by atoms with Crippen LogP contribution in [-0.2, 0) is 5.41 Å². The van der Waals surface area contributed by atoms with E-state index in [1.165, 1.54) is 33.4 Å². The highest BCUT2D eigenvalue weighted by Crippen LogP contribution is 2.56. The molecule has 2 aromatic heterocycles. The van der Waals surface area contributed by atoms with E-state index >= 15 is 0 Å². The van der Waals surface area contributed by atoms with Crippen LogP contribution in [0.4, 0.5) is 17.1 Å². The van der Waals surface area contributed by atoms with Gasteiger partial charge in [-0.15, -0.1) is 0 Å². The van der Waals surface area contributed by atoms with Gasteiger partial charge in [-0.2, -0.15) is 0 Å². The van der Waals surface area contributed by atoms with Crippen molar-refractivity contribution >= 4 is 60.9 Å². The second kappa shape index (κ2) is 11.3. The molecule has 1 aliphatic carbocycles. The minimum Gasteiger partial charge on any atom is -0.456 e. The summed E-state index contributed by atoms with van der Waals surface area (Å²) in [6.45, 7) is 2.39. The molecule has 0 aliphatic heterocycles. The molecule has 0 radical (unpaired) electrons. The Morgan fingerprint density at radius 3 is 1.74 bits per heavy atom. The normalized spacial score (nSPS) is 13.2. The minimum absolute atomic E-state index is 0.456. The van der Waals surface area contributed by atoms with E-state index in [-0.39, 0.29) is 0 Å². The number of anilines is 3. The molecule has 250 valence electrons. The van der Waals surface area contributed by atoms with Gasteiger partial charge in [-0.1, -0.05) is 140 Å². The Morgan fingerprint density at radius 1 is 0.415 bits per heavy atom. The Balaban J connectivity index is 1.23. The van der Waals surface area contributed by atoms with Gasteiger partial charge in [-0.25, -0.2) is 0 Å². The first-order valence-electron chi connectivity index (χ1n) is 18.2. The van der Waals surface area contributed by atoms with Crippen LogP contribution in [0.3, 0.4) is 0 Å². The molecular weight excluding hydrogens is 647 g/mol. The molecule has 53 heavy (non-hydrogen) atoms. The summed E-state index contributed by atoms with van der Waals surface area (Å²) in [5, 5.41) is 4.44. The number of nitrogens with zero attached hydrogens (tertiary/aromatic N) is 1. The first-order valence-corrected chi connectivity index (χ1v) is 18.2. The average molecular weight is 680 g/mol. The predicted octanol–water partition coefficient (Wildman–Crippen LogP) is 14.0. The molecule has 10 aromatic rings. The largest absolute Gasteiger partial charge is 0.456 e. The van der Waals surface area contributed by atoms with E-state index in [2.05, 4.69) is 182 Å². The second-order valence-electron chi connectivity index (χ2n) is 14.2. The fraction of sp³-hybridized carbons (Fsp3) is 0.0400. The molecule has 3 nitrogen and oxygen atoms in total. The van der Waals surface area contributed by atoms with Crippen LogP contribution in [0, 0.1) is 0 Å². The molecular formula is C50H33NO2. The summed E-state index contributed by atoms with van der Waals surface area (Å²) in [7, 11) is 0. The van der Waals surface area contributed by atoms with Gasteiger partial charge in [0.05, 0.1) is 11.4 Å². The topological polar surface area (TPSA) is 29.5 Å². The number of furan rings is 2. The van der Waals surface area contributed by atoms with E-state index < -0.39 is 5.41 Å². The zero-order valence-electron chi connectivity index (χ0n) is 29.1. The quantitative estimate of drug-likeness (QED) is 0.181. The third kappa shape index (κ3) is 4.34. The Bertz CT molecular complexity index is 2980. The number of hydrogen-bond acceptors (Lipinski definition) is 3. The molecule has 8 aromatic carbocycles. The number of fused-ring (bicyclic) bond motifs is 9. The van der Waals surface area contributed by atoms with Crippen LogP contribution in [0.2, 0.25) is 0 Å². The van der Waals surface area contributed by atoms with Crippen LogP contribution in [0.25, 0.3) is 66.1 Å². The van der Waals surface area contributed by atoms with Gasteiger partial charge in [0.25, 0.3) is 0 Å². The minimum atomic E-state index is -0.456. The SMILES string of the molecule is CC1(c2cc(N(c3ccc(-c4ccccc4)cc3)c3cccc4c3oc3ccccc34)cc3oc4ccccc4c23)c2ccccc2-c2ccccc21. The van der Waals surface area contributed by atoms with Crippen molar-refractivity contribution in [1.29, 1.82) is 0 Å². The Labute approximate surface area is 307 Å². The maximum Gasteiger partial charge on any atom is 0.159 e. The van der Waals surface area contributed by atoms with Gasteiger partial charge < -0.3 is 13.7 Å². The summed E-state index contributed by atoms with van der Waals surface area (Å²) in [6, 6.07) is 64.9. The van der Waals surface area contributed by atoms with E-state index in [4.69, 9.17) is 8.83 Å². The maximum absolute atomic E-state index is 6.80. The van der Waals surface area contributed by atoms with Crippen molar-refractivity contribution in [2.75, 3.05) is 4.90 Å². The van der Waals surface area contributed by atoms with E-state index in [9.17, 15) is 0 Å². The van der Waals surface area contributed by atoms with E-state index in [0.717, 1.165) is 66.5 Å². The lowest BCUT2D eigenvalue weighted by molar-refractivity contribution is 0.665. The summed E-state index contributed by atoms with van der Waals surface area (Å²) < 4.78 is 13.5. The second-order valence-corrected chi connectivity index (χ2v) is 14.2. The van der Waals surface area contributed by atoms with E-state index in [1.807, 2.05) is 12.1 Å². The van der Waals surface area contributed by atoms with Crippen LogP contribution in [-0.4, -0.2) is 0 Å². The van der Waals surface area contributed by atoms with Crippen molar-refractivity contribution in [2.45, 2.75) is 12.3 Å². The standard InChI is InChI=1S/C50H33NO2/c1-50(41-21-9-5-16-36(41)37-17-6-10-22-42(37)50)43-30-35(31-47-48(43)40-19-8-12-25-46(40)52-47)51(34-28-26-33(27-29-34)32-14-3-2-4-15-32)44-23-13-20-39-38-18-7-11-24-45(38)53-49(39)44/h2-31H,1H3. The zero-order valence-corrected chi connectivity index (χ0v) is 29.1. The molecule has 0 amide bonds. The molecule has 0 saturated carbocycles. The lowest BCUT2D eigenvalue weighted by Gasteiger charge is -2.32. The maximum atomic E-state index is 6.80. The number of rotatable bonds is 5. The van der Waals surface area contributed by atoms with Gasteiger partial charge in [-0.05, 0) is 82.3 Å². The molecule has 2 heterocycles. The summed E-state index contributed by atoms with van der Waals surface area (Å²) in [5.41, 5.74) is 14.7. The van der Waals surface area contributed by atoms with Crippen molar-refractivity contribution in [1.82, 2.24) is 0 Å². The number of benzene rings is 8. The van der Waals surface area contributed by atoms with Crippen LogP contribution in [0.1, 0.15) is 23.6 Å². The first kappa shape index (κ1) is 29.8. The molecule has 0 spiro atoms. The number of para-hydroxylation sites is 3. The van der Waals surface area contributed by atoms with Crippen LogP contribution in [0.5, 0.6) is 0 Å². The Hall–Kier alpha value is -6.84. The van der Waals surface area contributed by atoms with Gasteiger partial charge in [0.1, 0.15) is 16.7 Å². The fourth-order valence-electron chi connectivity index (χ4n) is 8.88. The van der Waals surface area contributed by atoms with Crippen molar-refractivity contribution in [3.05, 3.63) is 199 Å². The highest BCUT2D eigenvalue weighted by molar-refractivity contribution is 6.12. The molecule has 3 heteroatoms. The molecule has 1 aliphatic rings. The smallest absolute Gasteiger partial charge is 0.159 e. The molecule has 0 atom stereocenters. The van der Waals surface area contributed by atoms with E-state index in [0.29, 0.717) is 0 Å². The van der Waals surface area contributed by atoms with Crippen molar-refractivity contribution in [2.24, 2.45) is 0 Å². The molecule has 0 N–H and O–H groups in total. The molecule has 0 bridgehead atoms. The first-order chi connectivity index (χ1) is 26.2. The summed E-state index contributed by atoms with van der Waals surface area (Å²) in [6.07, 6.45) is 0. The number of hydrogen-bond donors (Lipinski definition) is 0. The van der Waals surface area contributed by atoms with Crippen LogP contribution in [0.15, 0.2) is 191 Å². The van der Waals surface area contributed by atoms with Gasteiger partial charge >= 0.3 is 0 Å². The average Bonchev–Trinajstić information content (AvgIpc) is 3.87. The van der Waals surface area contributed by atoms with Crippen molar-refractivity contribution in [3.63, 3.8) is 0 Å². The Morgan fingerprint density at radius 2 is 1.00 bits per heavy atom. The lowest BCUT2D eigenvalue weighted by Crippen LogP contribution is -2.23. The van der Waals surface area contributed by atoms with Gasteiger partial charge in [0.15, 0.2) is 5.58 Å².